The first-order valence-electron chi connectivity index (χ1n) is 7.62. The van der Waals surface area contributed by atoms with E-state index in [1.54, 1.807) is 12.1 Å². The van der Waals surface area contributed by atoms with Crippen molar-refractivity contribution in [1.29, 1.82) is 0 Å². The van der Waals surface area contributed by atoms with Crippen LogP contribution < -0.4 is 10.2 Å². The van der Waals surface area contributed by atoms with Crippen LogP contribution in [0.4, 0.5) is 18.9 Å². The summed E-state index contributed by atoms with van der Waals surface area (Å²) in [5.74, 6) is 0. The Bertz CT molecular complexity index is 487. The third-order valence-corrected chi connectivity index (χ3v) is 4.77. The first-order chi connectivity index (χ1) is 10.0. The molecule has 2 saturated heterocycles. The molecular weight excluding hydrogens is 277 g/mol. The largest absolute Gasteiger partial charge is 0.418 e. The second-order valence-corrected chi connectivity index (χ2v) is 6.32. The van der Waals surface area contributed by atoms with Crippen LogP contribution in [0.25, 0.3) is 0 Å². The first-order valence-corrected chi connectivity index (χ1v) is 7.62. The minimum absolute atomic E-state index is 0.148. The molecule has 21 heavy (non-hydrogen) atoms. The van der Waals surface area contributed by atoms with Crippen LogP contribution in [0.3, 0.4) is 0 Å². The third kappa shape index (κ3) is 3.03. The molecule has 2 nitrogen and oxygen atoms in total. The number of hydrogen-bond donors (Lipinski definition) is 1. The van der Waals surface area contributed by atoms with Crippen LogP contribution in [0.1, 0.15) is 31.2 Å². The summed E-state index contributed by atoms with van der Waals surface area (Å²) in [4.78, 5) is 1.94. The van der Waals surface area contributed by atoms with Crippen molar-refractivity contribution in [3.05, 3.63) is 29.8 Å². The first kappa shape index (κ1) is 14.7. The van der Waals surface area contributed by atoms with Crippen molar-refractivity contribution in [2.45, 2.75) is 31.9 Å². The van der Waals surface area contributed by atoms with E-state index in [-0.39, 0.29) is 5.41 Å². The van der Waals surface area contributed by atoms with Gasteiger partial charge in [0.2, 0.25) is 0 Å². The lowest BCUT2D eigenvalue weighted by molar-refractivity contribution is -0.137. The maximum Gasteiger partial charge on any atom is 0.418 e. The molecule has 1 N–H and O–H groups in total. The zero-order valence-corrected chi connectivity index (χ0v) is 12.0. The molecule has 0 aliphatic carbocycles. The van der Waals surface area contributed by atoms with E-state index < -0.39 is 11.7 Å². The molecule has 116 valence electrons. The predicted octanol–water partition coefficient (Wildman–Crippen LogP) is 3.68. The number of nitrogens with one attached hydrogen (secondary N) is 1. The molecular formula is C16H21F3N2. The van der Waals surface area contributed by atoms with Crippen molar-refractivity contribution in [2.24, 2.45) is 5.41 Å². The molecule has 0 bridgehead atoms. The van der Waals surface area contributed by atoms with Gasteiger partial charge in [0.15, 0.2) is 0 Å². The van der Waals surface area contributed by atoms with Crippen LogP contribution in [-0.4, -0.2) is 26.2 Å². The number of hydrogen-bond acceptors (Lipinski definition) is 2. The average Bonchev–Trinajstić information content (AvgIpc) is 2.47. The molecule has 1 spiro atoms. The van der Waals surface area contributed by atoms with Crippen LogP contribution in [0.15, 0.2) is 24.3 Å². The molecule has 0 amide bonds. The number of halogens is 3. The van der Waals surface area contributed by atoms with Crippen LogP contribution in [0.2, 0.25) is 0 Å². The molecule has 5 heteroatoms. The van der Waals surface area contributed by atoms with E-state index in [1.165, 1.54) is 12.1 Å². The van der Waals surface area contributed by atoms with Gasteiger partial charge >= 0.3 is 6.18 Å². The Morgan fingerprint density at radius 1 is 1.10 bits per heavy atom. The fourth-order valence-electron chi connectivity index (χ4n) is 3.78. The molecule has 1 atom stereocenters. The van der Waals surface area contributed by atoms with Crippen molar-refractivity contribution >= 4 is 5.69 Å². The number of piperidine rings is 2. The zero-order valence-electron chi connectivity index (χ0n) is 12.0. The van der Waals surface area contributed by atoms with Crippen molar-refractivity contribution < 1.29 is 13.2 Å². The van der Waals surface area contributed by atoms with Gasteiger partial charge in [-0.3, -0.25) is 0 Å². The molecule has 1 unspecified atom stereocenters. The maximum absolute atomic E-state index is 13.2. The molecule has 0 saturated carbocycles. The van der Waals surface area contributed by atoms with Crippen LogP contribution >= 0.6 is 0 Å². The van der Waals surface area contributed by atoms with Gasteiger partial charge in [-0.2, -0.15) is 13.2 Å². The van der Waals surface area contributed by atoms with E-state index in [0.29, 0.717) is 5.69 Å². The summed E-state index contributed by atoms with van der Waals surface area (Å²) in [7, 11) is 0. The molecule has 1 aromatic carbocycles. The highest BCUT2D eigenvalue weighted by Crippen LogP contribution is 2.41. The van der Waals surface area contributed by atoms with Gasteiger partial charge in [-0.05, 0) is 44.4 Å². The van der Waals surface area contributed by atoms with Gasteiger partial charge < -0.3 is 10.2 Å². The van der Waals surface area contributed by atoms with E-state index in [1.807, 2.05) is 4.90 Å². The van der Waals surface area contributed by atoms with Gasteiger partial charge in [0.1, 0.15) is 0 Å². The van der Waals surface area contributed by atoms with E-state index >= 15 is 0 Å². The van der Waals surface area contributed by atoms with Gasteiger partial charge in [0.25, 0.3) is 0 Å². The predicted molar refractivity (Wildman–Crippen MR) is 77.4 cm³/mol. The van der Waals surface area contributed by atoms with Crippen molar-refractivity contribution in [1.82, 2.24) is 5.32 Å². The van der Waals surface area contributed by atoms with E-state index in [4.69, 9.17) is 0 Å². The fourth-order valence-corrected chi connectivity index (χ4v) is 3.78. The molecule has 0 radical (unpaired) electrons. The van der Waals surface area contributed by atoms with Crippen molar-refractivity contribution in [3.63, 3.8) is 0 Å². The minimum atomic E-state index is -4.29. The number of anilines is 1. The monoisotopic (exact) mass is 298 g/mol. The quantitative estimate of drug-likeness (QED) is 0.851. The highest BCUT2D eigenvalue weighted by Gasteiger charge is 2.40. The lowest BCUT2D eigenvalue weighted by Crippen LogP contribution is -2.51. The second kappa shape index (κ2) is 5.52. The number of para-hydroxylation sites is 1. The lowest BCUT2D eigenvalue weighted by Gasteiger charge is -2.46. The molecule has 0 aromatic heterocycles. The van der Waals surface area contributed by atoms with Gasteiger partial charge in [-0.1, -0.05) is 12.1 Å². The lowest BCUT2D eigenvalue weighted by atomic mass is 9.74. The molecule has 2 heterocycles. The Balaban J connectivity index is 1.87. The molecule has 3 rings (SSSR count). The highest BCUT2D eigenvalue weighted by atomic mass is 19.4. The topological polar surface area (TPSA) is 15.3 Å². The Morgan fingerprint density at radius 2 is 1.86 bits per heavy atom. The van der Waals surface area contributed by atoms with Crippen LogP contribution in [0.5, 0.6) is 0 Å². The summed E-state index contributed by atoms with van der Waals surface area (Å²) < 4.78 is 39.6. The highest BCUT2D eigenvalue weighted by molar-refractivity contribution is 5.55. The van der Waals surface area contributed by atoms with E-state index in [2.05, 4.69) is 5.32 Å². The summed E-state index contributed by atoms with van der Waals surface area (Å²) in [6.45, 7) is 3.40. The van der Waals surface area contributed by atoms with Gasteiger partial charge in [-0.25, -0.2) is 0 Å². The van der Waals surface area contributed by atoms with Crippen molar-refractivity contribution in [2.75, 3.05) is 31.1 Å². The van der Waals surface area contributed by atoms with Gasteiger partial charge in [0.05, 0.1) is 5.56 Å². The van der Waals surface area contributed by atoms with E-state index in [9.17, 15) is 13.2 Å². The fraction of sp³-hybridized carbons (Fsp3) is 0.625. The Morgan fingerprint density at radius 3 is 2.57 bits per heavy atom. The number of benzene rings is 1. The maximum atomic E-state index is 13.2. The Hall–Kier alpha value is -1.23. The number of nitrogens with zero attached hydrogens (tertiary/aromatic N) is 1. The average molecular weight is 298 g/mol. The van der Waals surface area contributed by atoms with Gasteiger partial charge in [-0.15, -0.1) is 0 Å². The Labute approximate surface area is 123 Å². The van der Waals surface area contributed by atoms with Crippen molar-refractivity contribution in [3.8, 4) is 0 Å². The van der Waals surface area contributed by atoms with Gasteiger partial charge in [0, 0.05) is 30.7 Å². The summed E-state index contributed by atoms with van der Waals surface area (Å²) in [5.41, 5.74) is -0.0182. The number of alkyl halides is 3. The minimum Gasteiger partial charge on any atom is -0.370 e. The second-order valence-electron chi connectivity index (χ2n) is 6.32. The zero-order chi connectivity index (χ0) is 14.9. The van der Waals surface area contributed by atoms with Crippen LogP contribution in [0, 0.1) is 5.41 Å². The SMILES string of the molecule is FC(F)(F)c1ccccc1N1CCCC2(CCCNC2)C1. The molecule has 2 fully saturated rings. The normalized spacial score (nSPS) is 27.1. The Kier molecular flexibility index (Phi) is 3.86. The summed E-state index contributed by atoms with van der Waals surface area (Å²) in [6, 6.07) is 5.97. The number of rotatable bonds is 1. The van der Waals surface area contributed by atoms with Crippen LogP contribution in [-0.2, 0) is 6.18 Å². The molecule has 1 aromatic rings. The third-order valence-electron chi connectivity index (χ3n) is 4.77. The van der Waals surface area contributed by atoms with E-state index in [0.717, 1.165) is 51.9 Å². The summed E-state index contributed by atoms with van der Waals surface area (Å²) in [6.07, 6.45) is 0.0318. The summed E-state index contributed by atoms with van der Waals surface area (Å²) >= 11 is 0. The molecule has 2 aliphatic heterocycles. The smallest absolute Gasteiger partial charge is 0.370 e. The standard InChI is InChI=1S/C16H21F3N2/c17-16(18,19)13-5-1-2-6-14(13)21-10-4-8-15(12-21)7-3-9-20-11-15/h1-2,5-6,20H,3-4,7-12H2. The molecule has 2 aliphatic rings. The summed E-state index contributed by atoms with van der Waals surface area (Å²) in [5, 5.41) is 3.41.